The second kappa shape index (κ2) is 5.46. The van der Waals surface area contributed by atoms with Crippen LogP contribution < -0.4 is 5.32 Å². The molecule has 2 fully saturated rings. The maximum atomic E-state index is 12.4. The van der Waals surface area contributed by atoms with Gasteiger partial charge in [0, 0.05) is 20.1 Å². The van der Waals surface area contributed by atoms with Crippen molar-refractivity contribution in [3.05, 3.63) is 0 Å². The summed E-state index contributed by atoms with van der Waals surface area (Å²) in [6, 6.07) is -0.872. The Labute approximate surface area is 113 Å². The van der Waals surface area contributed by atoms with E-state index in [0.717, 1.165) is 6.42 Å². The van der Waals surface area contributed by atoms with Gasteiger partial charge in [-0.1, -0.05) is 6.92 Å². The maximum Gasteiger partial charge on any atom is 0.245 e. The van der Waals surface area contributed by atoms with Gasteiger partial charge in [-0.2, -0.15) is 0 Å². The van der Waals surface area contributed by atoms with Gasteiger partial charge in [0.2, 0.25) is 11.8 Å². The molecule has 0 aromatic rings. The second-order valence-corrected chi connectivity index (χ2v) is 5.30. The molecule has 1 N–H and O–H groups in total. The Morgan fingerprint density at radius 1 is 1.53 bits per heavy atom. The molecule has 2 heterocycles. The third-order valence-electron chi connectivity index (χ3n) is 4.11. The lowest BCUT2D eigenvalue weighted by Crippen LogP contribution is -2.65. The van der Waals surface area contributed by atoms with Crippen LogP contribution in [0.2, 0.25) is 0 Å². The van der Waals surface area contributed by atoms with Crippen molar-refractivity contribution in [3.63, 3.8) is 0 Å². The molecule has 0 aromatic carbocycles. The van der Waals surface area contributed by atoms with E-state index >= 15 is 0 Å². The van der Waals surface area contributed by atoms with E-state index < -0.39 is 17.7 Å². The highest BCUT2D eigenvalue weighted by Gasteiger charge is 2.44. The molecule has 2 aliphatic rings. The molecule has 0 aliphatic carbocycles. The predicted molar refractivity (Wildman–Crippen MR) is 68.6 cm³/mol. The minimum atomic E-state index is -0.472. The van der Waals surface area contributed by atoms with Crippen molar-refractivity contribution in [3.8, 4) is 0 Å². The van der Waals surface area contributed by atoms with E-state index in [-0.39, 0.29) is 11.8 Å². The largest absolute Gasteiger partial charge is 0.378 e. The van der Waals surface area contributed by atoms with E-state index in [0.29, 0.717) is 26.2 Å². The Balaban J connectivity index is 2.15. The van der Waals surface area contributed by atoms with Gasteiger partial charge >= 0.3 is 0 Å². The highest BCUT2D eigenvalue weighted by atomic mass is 16.5. The van der Waals surface area contributed by atoms with Crippen molar-refractivity contribution >= 4 is 11.8 Å². The fraction of sp³-hybridized carbons (Fsp3) is 0.846. The van der Waals surface area contributed by atoms with Gasteiger partial charge in [0.15, 0.2) is 0 Å². The molecule has 19 heavy (non-hydrogen) atoms. The molecular formula is C13H22N2O4. The SMILES string of the molecule is CCC1NC(=O)C(C)N(CC2(OC)CCOC2)C1=O. The standard InChI is InChI=1S/C13H22N2O4/c1-4-10-12(17)15(9(2)11(16)14-10)7-13(18-3)5-6-19-8-13/h9-10H,4-8H2,1-3H3,(H,14,16). The first kappa shape index (κ1) is 14.3. The van der Waals surface area contributed by atoms with Crippen molar-refractivity contribution in [2.45, 2.75) is 44.4 Å². The van der Waals surface area contributed by atoms with Crippen molar-refractivity contribution in [1.29, 1.82) is 0 Å². The van der Waals surface area contributed by atoms with Crippen molar-refractivity contribution in [2.24, 2.45) is 0 Å². The highest BCUT2D eigenvalue weighted by molar-refractivity contribution is 5.96. The summed E-state index contributed by atoms with van der Waals surface area (Å²) in [5.41, 5.74) is -0.472. The average Bonchev–Trinajstić information content (AvgIpc) is 2.88. The van der Waals surface area contributed by atoms with Crippen LogP contribution in [0.4, 0.5) is 0 Å². The highest BCUT2D eigenvalue weighted by Crippen LogP contribution is 2.26. The zero-order valence-electron chi connectivity index (χ0n) is 11.8. The van der Waals surface area contributed by atoms with Crippen molar-refractivity contribution in [1.82, 2.24) is 10.2 Å². The monoisotopic (exact) mass is 270 g/mol. The number of carbonyl (C=O) groups is 2. The molecular weight excluding hydrogens is 248 g/mol. The van der Waals surface area contributed by atoms with Crippen LogP contribution in [-0.2, 0) is 19.1 Å². The van der Waals surface area contributed by atoms with Gasteiger partial charge < -0.3 is 19.7 Å². The lowest BCUT2D eigenvalue weighted by Gasteiger charge is -2.41. The molecule has 0 bridgehead atoms. The minimum Gasteiger partial charge on any atom is -0.378 e. The number of rotatable bonds is 4. The van der Waals surface area contributed by atoms with Crippen LogP contribution in [0.25, 0.3) is 0 Å². The molecule has 0 radical (unpaired) electrons. The average molecular weight is 270 g/mol. The fourth-order valence-corrected chi connectivity index (χ4v) is 2.63. The van der Waals surface area contributed by atoms with Gasteiger partial charge in [-0.15, -0.1) is 0 Å². The van der Waals surface area contributed by atoms with Gasteiger partial charge in [0.1, 0.15) is 17.7 Å². The Morgan fingerprint density at radius 2 is 2.26 bits per heavy atom. The maximum absolute atomic E-state index is 12.4. The summed E-state index contributed by atoms with van der Waals surface area (Å²) in [5, 5.41) is 2.75. The van der Waals surface area contributed by atoms with Crippen LogP contribution >= 0.6 is 0 Å². The Hall–Kier alpha value is -1.14. The quantitative estimate of drug-likeness (QED) is 0.775. The van der Waals surface area contributed by atoms with E-state index in [2.05, 4.69) is 5.32 Å². The van der Waals surface area contributed by atoms with Crippen LogP contribution in [0.5, 0.6) is 0 Å². The number of nitrogens with zero attached hydrogens (tertiary/aromatic N) is 1. The number of piperazine rings is 1. The molecule has 0 saturated carbocycles. The summed E-state index contributed by atoms with van der Waals surface area (Å²) in [5.74, 6) is -0.130. The normalized spacial score (nSPS) is 35.6. The number of methoxy groups -OCH3 is 1. The molecule has 0 aromatic heterocycles. The predicted octanol–water partition coefficient (Wildman–Crippen LogP) is -0.0826. The fourth-order valence-electron chi connectivity index (χ4n) is 2.63. The molecule has 108 valence electrons. The number of ether oxygens (including phenoxy) is 2. The molecule has 6 nitrogen and oxygen atoms in total. The first-order valence-corrected chi connectivity index (χ1v) is 6.77. The number of hydrogen-bond donors (Lipinski definition) is 1. The summed E-state index contributed by atoms with van der Waals surface area (Å²) in [4.78, 5) is 25.9. The first-order valence-electron chi connectivity index (χ1n) is 6.77. The summed E-state index contributed by atoms with van der Waals surface area (Å²) in [6.45, 7) is 5.15. The zero-order valence-corrected chi connectivity index (χ0v) is 11.8. The van der Waals surface area contributed by atoms with E-state index in [4.69, 9.17) is 9.47 Å². The topological polar surface area (TPSA) is 67.9 Å². The van der Waals surface area contributed by atoms with Crippen molar-refractivity contribution in [2.75, 3.05) is 26.9 Å². The van der Waals surface area contributed by atoms with Gasteiger partial charge in [-0.25, -0.2) is 0 Å². The molecule has 3 unspecified atom stereocenters. The van der Waals surface area contributed by atoms with Crippen LogP contribution in [0, 0.1) is 0 Å². The minimum absolute atomic E-state index is 0.0297. The molecule has 2 rings (SSSR count). The van der Waals surface area contributed by atoms with Crippen LogP contribution in [-0.4, -0.2) is 61.3 Å². The summed E-state index contributed by atoms with van der Waals surface area (Å²) in [7, 11) is 1.63. The van der Waals surface area contributed by atoms with Crippen LogP contribution in [0.1, 0.15) is 26.7 Å². The van der Waals surface area contributed by atoms with E-state index in [1.165, 1.54) is 0 Å². The summed E-state index contributed by atoms with van der Waals surface area (Å²) in [6.07, 6.45) is 1.35. The third-order valence-corrected chi connectivity index (χ3v) is 4.11. The number of nitrogens with one attached hydrogen (secondary N) is 1. The molecule has 2 aliphatic heterocycles. The number of hydrogen-bond acceptors (Lipinski definition) is 4. The molecule has 0 spiro atoms. The smallest absolute Gasteiger partial charge is 0.245 e. The first-order chi connectivity index (χ1) is 9.03. The Morgan fingerprint density at radius 3 is 2.79 bits per heavy atom. The third kappa shape index (κ3) is 2.60. The Bertz CT molecular complexity index is 366. The zero-order chi connectivity index (χ0) is 14.0. The molecule has 3 atom stereocenters. The number of amides is 2. The van der Waals surface area contributed by atoms with Crippen LogP contribution in [0.3, 0.4) is 0 Å². The van der Waals surface area contributed by atoms with Gasteiger partial charge in [-0.3, -0.25) is 9.59 Å². The summed E-state index contributed by atoms with van der Waals surface area (Å²) >= 11 is 0. The molecule has 2 saturated heterocycles. The van der Waals surface area contributed by atoms with Gasteiger partial charge in [0.05, 0.1) is 13.2 Å². The summed E-state index contributed by atoms with van der Waals surface area (Å²) < 4.78 is 10.9. The van der Waals surface area contributed by atoms with E-state index in [9.17, 15) is 9.59 Å². The van der Waals surface area contributed by atoms with E-state index in [1.807, 2.05) is 6.92 Å². The number of carbonyl (C=O) groups excluding carboxylic acids is 2. The van der Waals surface area contributed by atoms with Gasteiger partial charge in [0.25, 0.3) is 0 Å². The lowest BCUT2D eigenvalue weighted by molar-refractivity contribution is -0.153. The van der Waals surface area contributed by atoms with Crippen LogP contribution in [0.15, 0.2) is 0 Å². The van der Waals surface area contributed by atoms with Gasteiger partial charge in [-0.05, 0) is 13.3 Å². The molecule has 2 amide bonds. The van der Waals surface area contributed by atoms with Crippen molar-refractivity contribution < 1.29 is 19.1 Å². The second-order valence-electron chi connectivity index (χ2n) is 5.30. The molecule has 6 heteroatoms. The lowest BCUT2D eigenvalue weighted by atomic mass is 9.98. The Kier molecular flexibility index (Phi) is 4.10. The van der Waals surface area contributed by atoms with E-state index in [1.54, 1.807) is 18.9 Å².